The van der Waals surface area contributed by atoms with Crippen LogP contribution >= 0.6 is 0 Å². The minimum atomic E-state index is 0.104. The molecule has 0 saturated carbocycles. The molecule has 4 heteroatoms. The predicted octanol–water partition coefficient (Wildman–Crippen LogP) is 3.54. The van der Waals surface area contributed by atoms with Crippen LogP contribution in [-0.2, 0) is 18.4 Å². The van der Waals surface area contributed by atoms with Crippen molar-refractivity contribution in [1.29, 1.82) is 0 Å². The number of nitrogens with zero attached hydrogens (tertiary/aromatic N) is 2. The SMILES string of the molecule is CCc1nnc(CNc2ccccc2C(C)(C)C)o1. The van der Waals surface area contributed by atoms with E-state index in [0.717, 1.165) is 12.1 Å². The Morgan fingerprint density at radius 3 is 2.42 bits per heavy atom. The number of rotatable bonds is 4. The van der Waals surface area contributed by atoms with Gasteiger partial charge in [0, 0.05) is 12.1 Å². The fourth-order valence-corrected chi connectivity index (χ4v) is 1.96. The lowest BCUT2D eigenvalue weighted by atomic mass is 9.86. The van der Waals surface area contributed by atoms with Gasteiger partial charge in [0.25, 0.3) is 0 Å². The fraction of sp³-hybridized carbons (Fsp3) is 0.467. The number of hydrogen-bond donors (Lipinski definition) is 1. The minimum Gasteiger partial charge on any atom is -0.423 e. The van der Waals surface area contributed by atoms with Crippen molar-refractivity contribution in [2.24, 2.45) is 0 Å². The van der Waals surface area contributed by atoms with Crippen LogP contribution in [0, 0.1) is 0 Å². The number of nitrogens with one attached hydrogen (secondary N) is 1. The van der Waals surface area contributed by atoms with Gasteiger partial charge in [-0.2, -0.15) is 0 Å². The molecule has 0 unspecified atom stereocenters. The zero-order valence-electron chi connectivity index (χ0n) is 12.0. The van der Waals surface area contributed by atoms with Crippen molar-refractivity contribution >= 4 is 5.69 Å². The third-order valence-corrected chi connectivity index (χ3v) is 2.98. The van der Waals surface area contributed by atoms with Crippen LogP contribution in [0.4, 0.5) is 5.69 Å². The topological polar surface area (TPSA) is 51.0 Å². The van der Waals surface area contributed by atoms with Gasteiger partial charge in [0.05, 0.1) is 6.54 Å². The molecule has 0 bridgehead atoms. The summed E-state index contributed by atoms with van der Waals surface area (Å²) in [6, 6.07) is 8.32. The van der Waals surface area contributed by atoms with Crippen molar-refractivity contribution in [3.8, 4) is 0 Å². The highest BCUT2D eigenvalue weighted by atomic mass is 16.4. The Labute approximate surface area is 114 Å². The van der Waals surface area contributed by atoms with Gasteiger partial charge in [-0.05, 0) is 17.0 Å². The van der Waals surface area contributed by atoms with Gasteiger partial charge in [-0.15, -0.1) is 10.2 Å². The molecule has 0 amide bonds. The zero-order chi connectivity index (χ0) is 13.9. The summed E-state index contributed by atoms with van der Waals surface area (Å²) in [5.41, 5.74) is 2.50. The van der Waals surface area contributed by atoms with E-state index in [9.17, 15) is 0 Å². The molecule has 1 aromatic carbocycles. The van der Waals surface area contributed by atoms with Crippen molar-refractivity contribution in [2.45, 2.75) is 46.1 Å². The molecular weight excluding hydrogens is 238 g/mol. The molecule has 1 N–H and O–H groups in total. The molecule has 0 atom stereocenters. The molecule has 0 spiro atoms. The lowest BCUT2D eigenvalue weighted by Crippen LogP contribution is -2.14. The summed E-state index contributed by atoms with van der Waals surface area (Å²) >= 11 is 0. The molecule has 102 valence electrons. The number of benzene rings is 1. The summed E-state index contributed by atoms with van der Waals surface area (Å²) in [5, 5.41) is 11.4. The average Bonchev–Trinajstić information content (AvgIpc) is 2.83. The fourth-order valence-electron chi connectivity index (χ4n) is 1.96. The van der Waals surface area contributed by atoms with Gasteiger partial charge < -0.3 is 9.73 Å². The van der Waals surface area contributed by atoms with E-state index < -0.39 is 0 Å². The Hall–Kier alpha value is -1.84. The minimum absolute atomic E-state index is 0.104. The Kier molecular flexibility index (Phi) is 3.88. The molecular formula is C15H21N3O. The van der Waals surface area contributed by atoms with E-state index in [4.69, 9.17) is 4.42 Å². The van der Waals surface area contributed by atoms with E-state index in [-0.39, 0.29) is 5.41 Å². The van der Waals surface area contributed by atoms with Crippen molar-refractivity contribution in [1.82, 2.24) is 10.2 Å². The Morgan fingerprint density at radius 1 is 1.11 bits per heavy atom. The van der Waals surface area contributed by atoms with Crippen LogP contribution in [0.1, 0.15) is 45.0 Å². The largest absolute Gasteiger partial charge is 0.423 e. The van der Waals surface area contributed by atoms with E-state index >= 15 is 0 Å². The first-order valence-electron chi connectivity index (χ1n) is 6.65. The Morgan fingerprint density at radius 2 is 1.79 bits per heavy atom. The van der Waals surface area contributed by atoms with Gasteiger partial charge in [-0.1, -0.05) is 45.9 Å². The third kappa shape index (κ3) is 3.34. The van der Waals surface area contributed by atoms with Crippen LogP contribution < -0.4 is 5.32 Å². The van der Waals surface area contributed by atoms with Crippen LogP contribution in [0.2, 0.25) is 0 Å². The first kappa shape index (κ1) is 13.6. The molecule has 0 saturated heterocycles. The summed E-state index contributed by atoms with van der Waals surface area (Å²) in [4.78, 5) is 0. The molecule has 4 nitrogen and oxygen atoms in total. The van der Waals surface area contributed by atoms with Crippen LogP contribution in [0.3, 0.4) is 0 Å². The summed E-state index contributed by atoms with van der Waals surface area (Å²) in [5.74, 6) is 1.31. The molecule has 0 radical (unpaired) electrons. The molecule has 19 heavy (non-hydrogen) atoms. The highest BCUT2D eigenvalue weighted by molar-refractivity contribution is 5.54. The second kappa shape index (κ2) is 5.43. The highest BCUT2D eigenvalue weighted by Gasteiger charge is 2.17. The van der Waals surface area contributed by atoms with Crippen molar-refractivity contribution in [3.05, 3.63) is 41.6 Å². The number of aromatic nitrogens is 2. The van der Waals surface area contributed by atoms with Gasteiger partial charge in [-0.25, -0.2) is 0 Å². The summed E-state index contributed by atoms with van der Waals surface area (Å²) < 4.78 is 5.50. The van der Waals surface area contributed by atoms with Gasteiger partial charge in [0.2, 0.25) is 11.8 Å². The van der Waals surface area contributed by atoms with Crippen LogP contribution in [0.25, 0.3) is 0 Å². The van der Waals surface area contributed by atoms with Crippen molar-refractivity contribution < 1.29 is 4.42 Å². The maximum atomic E-state index is 5.50. The van der Waals surface area contributed by atoms with Gasteiger partial charge in [0.1, 0.15) is 0 Å². The molecule has 0 aliphatic carbocycles. The standard InChI is InChI=1S/C15H21N3O/c1-5-13-17-18-14(19-13)10-16-12-9-7-6-8-11(12)15(2,3)4/h6-9,16H,5,10H2,1-4H3. The number of hydrogen-bond acceptors (Lipinski definition) is 4. The van der Waals surface area contributed by atoms with E-state index in [1.54, 1.807) is 0 Å². The predicted molar refractivity (Wildman–Crippen MR) is 76.1 cm³/mol. The summed E-state index contributed by atoms with van der Waals surface area (Å²) in [7, 11) is 0. The normalized spacial score (nSPS) is 11.6. The second-order valence-electron chi connectivity index (χ2n) is 5.59. The zero-order valence-corrected chi connectivity index (χ0v) is 12.0. The van der Waals surface area contributed by atoms with E-state index in [1.165, 1.54) is 5.56 Å². The maximum absolute atomic E-state index is 5.50. The molecule has 0 aliphatic rings. The lowest BCUT2D eigenvalue weighted by molar-refractivity contribution is 0.460. The summed E-state index contributed by atoms with van der Waals surface area (Å²) in [6.45, 7) is 9.17. The highest BCUT2D eigenvalue weighted by Crippen LogP contribution is 2.29. The number of aryl methyl sites for hydroxylation is 1. The second-order valence-corrected chi connectivity index (χ2v) is 5.59. The van der Waals surface area contributed by atoms with Crippen molar-refractivity contribution in [2.75, 3.05) is 5.32 Å². The van der Waals surface area contributed by atoms with Gasteiger partial charge >= 0.3 is 0 Å². The Balaban J connectivity index is 2.11. The quantitative estimate of drug-likeness (QED) is 0.912. The molecule has 1 heterocycles. The van der Waals surface area contributed by atoms with Crippen molar-refractivity contribution in [3.63, 3.8) is 0 Å². The number of para-hydroxylation sites is 1. The molecule has 0 fully saturated rings. The third-order valence-electron chi connectivity index (χ3n) is 2.98. The van der Waals surface area contributed by atoms with E-state index in [0.29, 0.717) is 18.3 Å². The molecule has 2 rings (SSSR count). The van der Waals surface area contributed by atoms with Crippen LogP contribution in [0.5, 0.6) is 0 Å². The van der Waals surface area contributed by atoms with E-state index in [2.05, 4.69) is 54.5 Å². The van der Waals surface area contributed by atoms with E-state index in [1.807, 2.05) is 13.0 Å². The average molecular weight is 259 g/mol. The smallest absolute Gasteiger partial charge is 0.235 e. The van der Waals surface area contributed by atoms with Gasteiger partial charge in [0.15, 0.2) is 0 Å². The number of anilines is 1. The molecule has 1 aromatic heterocycles. The van der Waals surface area contributed by atoms with Crippen LogP contribution in [0.15, 0.2) is 28.7 Å². The molecule has 0 aliphatic heterocycles. The monoisotopic (exact) mass is 259 g/mol. The molecule has 2 aromatic rings. The Bertz CT molecular complexity index is 540. The first-order chi connectivity index (χ1) is 9.00. The summed E-state index contributed by atoms with van der Waals surface area (Å²) in [6.07, 6.45) is 0.769. The maximum Gasteiger partial charge on any atom is 0.235 e. The van der Waals surface area contributed by atoms with Crippen LogP contribution in [-0.4, -0.2) is 10.2 Å². The van der Waals surface area contributed by atoms with Gasteiger partial charge in [-0.3, -0.25) is 0 Å². The first-order valence-corrected chi connectivity index (χ1v) is 6.65. The lowest BCUT2D eigenvalue weighted by Gasteiger charge is -2.23.